The van der Waals surface area contributed by atoms with E-state index in [9.17, 15) is 13.2 Å². The molecule has 0 fully saturated rings. The molecular formula is C26H29N3O4S. The van der Waals surface area contributed by atoms with Gasteiger partial charge in [-0.05, 0) is 74.5 Å². The summed E-state index contributed by atoms with van der Waals surface area (Å²) in [6.07, 6.45) is 1.57. The first-order valence-corrected chi connectivity index (χ1v) is 12.6. The Balaban J connectivity index is 1.57. The molecule has 1 N–H and O–H groups in total. The maximum Gasteiger partial charge on any atom is 0.264 e. The van der Waals surface area contributed by atoms with Gasteiger partial charge in [0.2, 0.25) is 0 Å². The molecule has 0 radical (unpaired) electrons. The summed E-state index contributed by atoms with van der Waals surface area (Å²) in [5.74, 6) is -0.127. The van der Waals surface area contributed by atoms with Crippen molar-refractivity contribution in [1.82, 2.24) is 4.90 Å². The van der Waals surface area contributed by atoms with Crippen molar-refractivity contribution in [3.63, 3.8) is 0 Å². The van der Waals surface area contributed by atoms with Crippen molar-refractivity contribution < 1.29 is 17.9 Å². The Hall–Kier alpha value is -3.36. The van der Waals surface area contributed by atoms with E-state index in [0.29, 0.717) is 30.1 Å². The molecule has 8 heteroatoms. The van der Waals surface area contributed by atoms with E-state index in [-0.39, 0.29) is 10.5 Å². The van der Waals surface area contributed by atoms with E-state index in [4.69, 9.17) is 4.74 Å². The molecule has 34 heavy (non-hydrogen) atoms. The summed E-state index contributed by atoms with van der Waals surface area (Å²) in [5, 5.41) is 2.85. The number of sulfonamides is 1. The highest BCUT2D eigenvalue weighted by molar-refractivity contribution is 7.92. The van der Waals surface area contributed by atoms with Crippen molar-refractivity contribution in [3.8, 4) is 5.75 Å². The van der Waals surface area contributed by atoms with Gasteiger partial charge < -0.3 is 15.0 Å². The van der Waals surface area contributed by atoms with E-state index in [2.05, 4.69) is 10.2 Å². The zero-order valence-electron chi connectivity index (χ0n) is 19.6. The first-order valence-electron chi connectivity index (χ1n) is 11.1. The molecule has 0 bridgehead atoms. The Kier molecular flexibility index (Phi) is 6.90. The molecule has 0 unspecified atom stereocenters. The summed E-state index contributed by atoms with van der Waals surface area (Å²) in [4.78, 5) is 15.3. The molecule has 0 aliphatic carbocycles. The fourth-order valence-corrected chi connectivity index (χ4v) is 5.55. The maximum absolute atomic E-state index is 13.4. The van der Waals surface area contributed by atoms with Crippen molar-refractivity contribution in [2.24, 2.45) is 0 Å². The summed E-state index contributed by atoms with van der Waals surface area (Å²) < 4.78 is 33.6. The fourth-order valence-electron chi connectivity index (χ4n) is 4.02. The Morgan fingerprint density at radius 1 is 1.06 bits per heavy atom. The highest BCUT2D eigenvalue weighted by atomic mass is 32.2. The number of methoxy groups -OCH3 is 1. The van der Waals surface area contributed by atoms with E-state index < -0.39 is 15.9 Å². The summed E-state index contributed by atoms with van der Waals surface area (Å²) in [6, 6.07) is 19.5. The lowest BCUT2D eigenvalue weighted by molar-refractivity contribution is 0.102. The number of para-hydroxylation sites is 1. The third-order valence-corrected chi connectivity index (χ3v) is 7.72. The van der Waals surface area contributed by atoms with Gasteiger partial charge in [-0.1, -0.05) is 30.3 Å². The van der Waals surface area contributed by atoms with Gasteiger partial charge in [-0.25, -0.2) is 8.42 Å². The van der Waals surface area contributed by atoms with Gasteiger partial charge in [-0.15, -0.1) is 0 Å². The molecule has 1 heterocycles. The molecule has 1 aliphatic heterocycles. The quantitative estimate of drug-likeness (QED) is 0.532. The summed E-state index contributed by atoms with van der Waals surface area (Å²) in [7, 11) is 1.68. The minimum absolute atomic E-state index is 0.0502. The van der Waals surface area contributed by atoms with Gasteiger partial charge in [0, 0.05) is 18.8 Å². The maximum atomic E-state index is 13.4. The second-order valence-corrected chi connectivity index (χ2v) is 10.4. The molecule has 0 spiro atoms. The summed E-state index contributed by atoms with van der Waals surface area (Å²) >= 11 is 0. The Morgan fingerprint density at radius 3 is 2.50 bits per heavy atom. The average molecular weight is 480 g/mol. The Bertz CT molecular complexity index is 1290. The lowest BCUT2D eigenvalue weighted by Gasteiger charge is -2.20. The van der Waals surface area contributed by atoms with Crippen molar-refractivity contribution in [2.45, 2.75) is 17.7 Å². The van der Waals surface area contributed by atoms with Gasteiger partial charge in [-0.2, -0.15) is 0 Å². The number of hydrogen-bond donors (Lipinski definition) is 1. The van der Waals surface area contributed by atoms with Crippen LogP contribution >= 0.6 is 0 Å². The van der Waals surface area contributed by atoms with Gasteiger partial charge in [-0.3, -0.25) is 9.10 Å². The molecule has 1 aliphatic rings. The molecule has 0 saturated heterocycles. The number of carbonyl (C=O) groups excluding carboxylic acids is 1. The predicted octanol–water partition coefficient (Wildman–Crippen LogP) is 3.80. The number of anilines is 2. The highest BCUT2D eigenvalue weighted by Crippen LogP contribution is 2.34. The minimum Gasteiger partial charge on any atom is -0.496 e. The first kappa shape index (κ1) is 23.8. The number of ether oxygens (including phenoxy) is 1. The van der Waals surface area contributed by atoms with E-state index in [1.165, 1.54) is 35.2 Å². The van der Waals surface area contributed by atoms with E-state index in [0.717, 1.165) is 18.5 Å². The average Bonchev–Trinajstić information content (AvgIpc) is 3.28. The summed E-state index contributed by atoms with van der Waals surface area (Å²) in [5.41, 5.74) is 3.63. The van der Waals surface area contributed by atoms with E-state index in [1.54, 1.807) is 6.07 Å². The van der Waals surface area contributed by atoms with Crippen LogP contribution in [0.25, 0.3) is 0 Å². The number of carbonyl (C=O) groups is 1. The molecule has 3 aromatic rings. The second kappa shape index (κ2) is 9.87. The molecule has 0 saturated carbocycles. The molecule has 3 aromatic carbocycles. The monoisotopic (exact) mass is 479 g/mol. The van der Waals surface area contributed by atoms with Crippen LogP contribution in [-0.4, -0.2) is 53.5 Å². The number of nitrogens with one attached hydrogen (secondary N) is 1. The standard InChI is InChI=1S/C26H29N3O4S/c1-28(2)16-14-19-8-10-21(11-9-19)27-26(30)23-18-22(12-13-25(23)33-3)34(31,32)29-17-15-20-6-4-5-7-24(20)29/h4-13,18H,14-17H2,1-3H3,(H,27,30). The first-order chi connectivity index (χ1) is 16.3. The van der Waals surface area contributed by atoms with Crippen molar-refractivity contribution >= 4 is 27.3 Å². The van der Waals surface area contributed by atoms with Crippen molar-refractivity contribution in [2.75, 3.05) is 43.9 Å². The number of rotatable bonds is 8. The number of benzene rings is 3. The number of hydrogen-bond acceptors (Lipinski definition) is 5. The number of fused-ring (bicyclic) bond motifs is 1. The largest absolute Gasteiger partial charge is 0.496 e. The summed E-state index contributed by atoms with van der Waals surface area (Å²) in [6.45, 7) is 1.31. The molecule has 7 nitrogen and oxygen atoms in total. The van der Waals surface area contributed by atoms with Gasteiger partial charge >= 0.3 is 0 Å². The van der Waals surface area contributed by atoms with Gasteiger partial charge in [0.05, 0.1) is 23.3 Å². The van der Waals surface area contributed by atoms with Crippen molar-refractivity contribution in [1.29, 1.82) is 0 Å². The van der Waals surface area contributed by atoms with Crippen LogP contribution in [0.1, 0.15) is 21.5 Å². The number of nitrogens with zero attached hydrogens (tertiary/aromatic N) is 2. The van der Waals surface area contributed by atoms with Gasteiger partial charge in [0.15, 0.2) is 0 Å². The molecule has 0 aromatic heterocycles. The van der Waals surface area contributed by atoms with Crippen LogP contribution in [-0.2, 0) is 22.9 Å². The van der Waals surface area contributed by atoms with E-state index in [1.807, 2.05) is 56.6 Å². The Labute approximate surface area is 201 Å². The smallest absolute Gasteiger partial charge is 0.264 e. The normalized spacial score (nSPS) is 13.1. The SMILES string of the molecule is COc1ccc(S(=O)(=O)N2CCc3ccccc32)cc1C(=O)Nc1ccc(CCN(C)C)cc1. The van der Waals surface area contributed by atoms with Crippen LogP contribution in [0.2, 0.25) is 0 Å². The van der Waals surface area contributed by atoms with Crippen LogP contribution in [0.3, 0.4) is 0 Å². The predicted molar refractivity (Wildman–Crippen MR) is 134 cm³/mol. The highest BCUT2D eigenvalue weighted by Gasteiger charge is 2.31. The number of amides is 1. The van der Waals surface area contributed by atoms with Gasteiger partial charge in [0.25, 0.3) is 15.9 Å². The van der Waals surface area contributed by atoms with E-state index >= 15 is 0 Å². The fraction of sp³-hybridized carbons (Fsp3) is 0.269. The Morgan fingerprint density at radius 2 is 1.79 bits per heavy atom. The van der Waals surface area contributed by atoms with Crippen LogP contribution in [0.15, 0.2) is 71.6 Å². The third-order valence-electron chi connectivity index (χ3n) is 5.91. The second-order valence-electron chi connectivity index (χ2n) is 8.52. The molecular weight excluding hydrogens is 450 g/mol. The minimum atomic E-state index is -3.83. The number of likely N-dealkylation sites (N-methyl/N-ethyl adjacent to an activating group) is 1. The topological polar surface area (TPSA) is 79.0 Å². The van der Waals surface area contributed by atoms with Gasteiger partial charge in [0.1, 0.15) is 5.75 Å². The third kappa shape index (κ3) is 4.93. The van der Waals surface area contributed by atoms with Crippen molar-refractivity contribution in [3.05, 3.63) is 83.4 Å². The molecule has 4 rings (SSSR count). The lowest BCUT2D eigenvalue weighted by Crippen LogP contribution is -2.29. The molecule has 0 atom stereocenters. The van der Waals surface area contributed by atoms with Crippen LogP contribution < -0.4 is 14.4 Å². The van der Waals surface area contributed by atoms with Crippen LogP contribution in [0.4, 0.5) is 11.4 Å². The van der Waals surface area contributed by atoms with Crippen LogP contribution in [0.5, 0.6) is 5.75 Å². The molecule has 178 valence electrons. The molecule has 1 amide bonds. The van der Waals surface area contributed by atoms with Crippen LogP contribution in [0, 0.1) is 0 Å². The lowest BCUT2D eigenvalue weighted by atomic mass is 10.1. The zero-order valence-corrected chi connectivity index (χ0v) is 20.4. The zero-order chi connectivity index (χ0) is 24.3.